The van der Waals surface area contributed by atoms with E-state index in [4.69, 9.17) is 0 Å². The van der Waals surface area contributed by atoms with Gasteiger partial charge in [-0.05, 0) is 42.4 Å². The van der Waals surface area contributed by atoms with Crippen LogP contribution in [0, 0.1) is 5.92 Å². The van der Waals surface area contributed by atoms with Crippen LogP contribution in [0.1, 0.15) is 37.8 Å². The van der Waals surface area contributed by atoms with Crippen molar-refractivity contribution < 1.29 is 23.1 Å². The molecule has 0 bridgehead atoms. The SMILES string of the molecule is CC[C@@H](/C=C/SCc1ccc(C(F)(F)F)cc1)CC(O)=CC(C)=O. The van der Waals surface area contributed by atoms with E-state index in [2.05, 4.69) is 0 Å². The van der Waals surface area contributed by atoms with Crippen LogP contribution in [0.25, 0.3) is 0 Å². The van der Waals surface area contributed by atoms with Gasteiger partial charge in [-0.3, -0.25) is 4.79 Å². The van der Waals surface area contributed by atoms with Crippen molar-refractivity contribution in [1.29, 1.82) is 0 Å². The molecule has 0 spiro atoms. The number of hydrogen-bond donors (Lipinski definition) is 1. The number of carbonyl (C=O) groups excluding carboxylic acids is 1. The smallest absolute Gasteiger partial charge is 0.416 e. The number of aliphatic hydroxyl groups excluding tert-OH is 1. The molecule has 0 aliphatic heterocycles. The quantitative estimate of drug-likeness (QED) is 0.464. The molecule has 0 heterocycles. The number of alkyl halides is 3. The molecule has 1 atom stereocenters. The molecular formula is C18H21F3O2S. The van der Waals surface area contributed by atoms with Crippen LogP contribution in [0.5, 0.6) is 0 Å². The maximum absolute atomic E-state index is 12.5. The Balaban J connectivity index is 2.50. The largest absolute Gasteiger partial charge is 0.512 e. The number of rotatable bonds is 8. The van der Waals surface area contributed by atoms with Crippen LogP contribution in [0.3, 0.4) is 0 Å². The van der Waals surface area contributed by atoms with Gasteiger partial charge in [0.15, 0.2) is 5.78 Å². The Morgan fingerprint density at radius 3 is 2.42 bits per heavy atom. The third kappa shape index (κ3) is 7.73. The van der Waals surface area contributed by atoms with Gasteiger partial charge >= 0.3 is 6.18 Å². The number of ketones is 1. The highest BCUT2D eigenvalue weighted by molar-refractivity contribution is 8.01. The first-order valence-electron chi connectivity index (χ1n) is 7.57. The second-order valence-electron chi connectivity index (χ2n) is 5.45. The molecule has 0 aliphatic carbocycles. The van der Waals surface area contributed by atoms with E-state index in [1.165, 1.54) is 36.9 Å². The Hall–Kier alpha value is -1.69. The molecule has 132 valence electrons. The zero-order valence-electron chi connectivity index (χ0n) is 13.6. The Morgan fingerprint density at radius 1 is 1.29 bits per heavy atom. The number of thioether (sulfide) groups is 1. The zero-order chi connectivity index (χ0) is 18.2. The van der Waals surface area contributed by atoms with Gasteiger partial charge in [-0.2, -0.15) is 13.2 Å². The molecule has 1 N–H and O–H groups in total. The molecule has 1 rings (SSSR count). The van der Waals surface area contributed by atoms with Crippen molar-refractivity contribution in [2.24, 2.45) is 5.92 Å². The van der Waals surface area contributed by atoms with Crippen molar-refractivity contribution >= 4 is 17.5 Å². The van der Waals surface area contributed by atoms with Gasteiger partial charge in [-0.1, -0.05) is 25.1 Å². The molecule has 2 nitrogen and oxygen atoms in total. The molecule has 0 radical (unpaired) electrons. The third-order valence-electron chi connectivity index (χ3n) is 3.34. The predicted octanol–water partition coefficient (Wildman–Crippen LogP) is 5.90. The van der Waals surface area contributed by atoms with Gasteiger partial charge in [0.25, 0.3) is 0 Å². The molecule has 0 amide bonds. The first kappa shape index (κ1) is 20.4. The number of halogens is 3. The van der Waals surface area contributed by atoms with Gasteiger partial charge in [0.1, 0.15) is 0 Å². The summed E-state index contributed by atoms with van der Waals surface area (Å²) in [6.45, 7) is 3.36. The Labute approximate surface area is 144 Å². The van der Waals surface area contributed by atoms with E-state index in [1.807, 2.05) is 18.4 Å². The fraction of sp³-hybridized carbons (Fsp3) is 0.389. The van der Waals surface area contributed by atoms with Crippen LogP contribution < -0.4 is 0 Å². The van der Waals surface area contributed by atoms with Crippen LogP contribution in [-0.2, 0) is 16.7 Å². The summed E-state index contributed by atoms with van der Waals surface area (Å²) in [5.41, 5.74) is 0.163. The van der Waals surface area contributed by atoms with E-state index in [0.29, 0.717) is 12.2 Å². The molecule has 0 saturated carbocycles. The number of allylic oxidation sites excluding steroid dienone is 3. The summed E-state index contributed by atoms with van der Waals surface area (Å²) in [7, 11) is 0. The minimum atomic E-state index is -4.31. The van der Waals surface area contributed by atoms with Crippen molar-refractivity contribution in [2.75, 3.05) is 0 Å². The van der Waals surface area contributed by atoms with Gasteiger partial charge in [0.05, 0.1) is 11.3 Å². The highest BCUT2D eigenvalue weighted by Crippen LogP contribution is 2.29. The Bertz CT molecular complexity index is 589. The molecule has 6 heteroatoms. The van der Waals surface area contributed by atoms with E-state index in [9.17, 15) is 23.1 Å². The maximum Gasteiger partial charge on any atom is 0.416 e. The lowest BCUT2D eigenvalue weighted by atomic mass is 10.0. The number of benzene rings is 1. The lowest BCUT2D eigenvalue weighted by Crippen LogP contribution is -2.04. The first-order valence-corrected chi connectivity index (χ1v) is 8.61. The van der Waals surface area contributed by atoms with Crippen molar-refractivity contribution in [2.45, 2.75) is 38.6 Å². The zero-order valence-corrected chi connectivity index (χ0v) is 14.5. The summed E-state index contributed by atoms with van der Waals surface area (Å²) in [5, 5.41) is 11.5. The van der Waals surface area contributed by atoms with Crippen LogP contribution in [0.2, 0.25) is 0 Å². The van der Waals surface area contributed by atoms with Crippen molar-refractivity contribution in [1.82, 2.24) is 0 Å². The molecule has 0 unspecified atom stereocenters. The summed E-state index contributed by atoms with van der Waals surface area (Å²) < 4.78 is 37.4. The molecular weight excluding hydrogens is 337 g/mol. The summed E-state index contributed by atoms with van der Waals surface area (Å²) in [6, 6.07) is 5.11. The topological polar surface area (TPSA) is 37.3 Å². The normalized spacial score (nSPS) is 14.1. The second kappa shape index (κ2) is 9.57. The van der Waals surface area contributed by atoms with Crippen molar-refractivity contribution in [3.05, 3.63) is 58.7 Å². The van der Waals surface area contributed by atoms with Gasteiger partial charge in [-0.15, -0.1) is 11.8 Å². The number of aliphatic hydroxyl groups is 1. The van der Waals surface area contributed by atoms with E-state index >= 15 is 0 Å². The Kier molecular flexibility index (Phi) is 8.11. The molecule has 0 saturated heterocycles. The molecule has 1 aromatic rings. The van der Waals surface area contributed by atoms with E-state index in [-0.39, 0.29) is 17.5 Å². The number of hydrogen-bond acceptors (Lipinski definition) is 3. The van der Waals surface area contributed by atoms with Gasteiger partial charge in [-0.25, -0.2) is 0 Å². The van der Waals surface area contributed by atoms with Crippen LogP contribution in [-0.4, -0.2) is 10.9 Å². The highest BCUT2D eigenvalue weighted by Gasteiger charge is 2.29. The van der Waals surface area contributed by atoms with Gasteiger partial charge in [0.2, 0.25) is 0 Å². The molecule has 24 heavy (non-hydrogen) atoms. The lowest BCUT2D eigenvalue weighted by molar-refractivity contribution is -0.137. The lowest BCUT2D eigenvalue weighted by Gasteiger charge is -2.09. The molecule has 0 fully saturated rings. The highest BCUT2D eigenvalue weighted by atomic mass is 32.2. The predicted molar refractivity (Wildman–Crippen MR) is 91.7 cm³/mol. The fourth-order valence-electron chi connectivity index (χ4n) is 2.01. The molecule has 0 aliphatic rings. The van der Waals surface area contributed by atoms with E-state index in [0.717, 1.165) is 24.1 Å². The fourth-order valence-corrected chi connectivity index (χ4v) is 2.83. The summed E-state index contributed by atoms with van der Waals surface area (Å²) in [6.07, 6.45) is 0.0562. The van der Waals surface area contributed by atoms with E-state index < -0.39 is 11.7 Å². The second-order valence-corrected chi connectivity index (χ2v) is 6.35. The molecule has 0 aromatic heterocycles. The minimum Gasteiger partial charge on any atom is -0.512 e. The summed E-state index contributed by atoms with van der Waals surface area (Å²) in [5.74, 6) is 0.552. The maximum atomic E-state index is 12.5. The minimum absolute atomic E-state index is 0.0618. The summed E-state index contributed by atoms with van der Waals surface area (Å²) in [4.78, 5) is 10.9. The average Bonchev–Trinajstić information content (AvgIpc) is 2.49. The van der Waals surface area contributed by atoms with Crippen LogP contribution in [0.15, 0.2) is 47.6 Å². The molecule has 1 aromatic carbocycles. The Morgan fingerprint density at radius 2 is 1.92 bits per heavy atom. The standard InChI is InChI=1S/C18H21F3O2S/c1-3-14(11-17(23)10-13(2)22)8-9-24-12-15-4-6-16(7-5-15)18(19,20)21/h4-10,14,23H,3,11-12H2,1-2H3/b9-8+,17-10?/t14-/m0/s1. The number of carbonyl (C=O) groups is 1. The summed E-state index contributed by atoms with van der Waals surface area (Å²) >= 11 is 1.47. The van der Waals surface area contributed by atoms with Crippen LogP contribution >= 0.6 is 11.8 Å². The van der Waals surface area contributed by atoms with Gasteiger partial charge < -0.3 is 5.11 Å². The van der Waals surface area contributed by atoms with E-state index in [1.54, 1.807) is 0 Å². The van der Waals surface area contributed by atoms with Gasteiger partial charge in [0, 0.05) is 18.2 Å². The van der Waals surface area contributed by atoms with Crippen molar-refractivity contribution in [3.8, 4) is 0 Å². The van der Waals surface area contributed by atoms with Crippen LogP contribution in [0.4, 0.5) is 13.2 Å². The first-order chi connectivity index (χ1) is 11.2. The monoisotopic (exact) mass is 358 g/mol. The van der Waals surface area contributed by atoms with Crippen molar-refractivity contribution in [3.63, 3.8) is 0 Å². The third-order valence-corrected chi connectivity index (χ3v) is 4.19. The average molecular weight is 358 g/mol.